The average Bonchev–Trinajstić information content (AvgIpc) is 2.49. The van der Waals surface area contributed by atoms with Crippen molar-refractivity contribution in [3.8, 4) is 5.88 Å². The Kier molecular flexibility index (Phi) is 4.93. The highest BCUT2D eigenvalue weighted by atomic mass is 32.2. The van der Waals surface area contributed by atoms with Crippen molar-refractivity contribution in [3.63, 3.8) is 0 Å². The van der Waals surface area contributed by atoms with Crippen LogP contribution in [-0.2, 0) is 10.0 Å². The molecule has 0 aliphatic carbocycles. The van der Waals surface area contributed by atoms with Gasteiger partial charge in [-0.25, -0.2) is 18.2 Å². The summed E-state index contributed by atoms with van der Waals surface area (Å²) >= 11 is 0. The van der Waals surface area contributed by atoms with E-state index in [-0.39, 0.29) is 33.8 Å². The van der Waals surface area contributed by atoms with Crippen molar-refractivity contribution in [2.45, 2.75) is 24.8 Å². The molecule has 1 heterocycles. The predicted molar refractivity (Wildman–Crippen MR) is 88.6 cm³/mol. The van der Waals surface area contributed by atoms with Gasteiger partial charge in [0, 0.05) is 0 Å². The highest BCUT2D eigenvalue weighted by Crippen LogP contribution is 2.27. The summed E-state index contributed by atoms with van der Waals surface area (Å²) < 4.78 is 32.8. The zero-order chi connectivity index (χ0) is 17.9. The third kappa shape index (κ3) is 4.13. The van der Waals surface area contributed by atoms with Crippen LogP contribution in [0.2, 0.25) is 0 Å². The van der Waals surface area contributed by atoms with Gasteiger partial charge >= 0.3 is 5.97 Å². The van der Waals surface area contributed by atoms with E-state index in [0.29, 0.717) is 0 Å². The standard InChI is InChI=1S/C15H17N3O5S/c1-9(2)23-14-13(7-11(16)8-17-14)18-24(21,22)12-5-3-4-10(6-12)15(19)20/h3-9,18H,16H2,1-2H3,(H,19,20). The van der Waals surface area contributed by atoms with Crippen molar-refractivity contribution in [2.75, 3.05) is 10.5 Å². The number of benzene rings is 1. The van der Waals surface area contributed by atoms with Crippen LogP contribution in [0.3, 0.4) is 0 Å². The molecule has 0 aliphatic rings. The van der Waals surface area contributed by atoms with Crippen LogP contribution in [-0.4, -0.2) is 30.6 Å². The SMILES string of the molecule is CC(C)Oc1ncc(N)cc1NS(=O)(=O)c1cccc(C(=O)O)c1. The topological polar surface area (TPSA) is 132 Å². The summed E-state index contributed by atoms with van der Waals surface area (Å²) in [6.45, 7) is 3.54. The molecule has 0 bridgehead atoms. The van der Waals surface area contributed by atoms with E-state index in [1.807, 2.05) is 0 Å². The van der Waals surface area contributed by atoms with Crippen molar-refractivity contribution >= 4 is 27.4 Å². The second-order valence-electron chi connectivity index (χ2n) is 5.23. The maximum absolute atomic E-state index is 12.5. The van der Waals surface area contributed by atoms with Crippen LogP contribution in [0.15, 0.2) is 41.4 Å². The molecule has 1 aromatic heterocycles. The van der Waals surface area contributed by atoms with Gasteiger partial charge in [0.05, 0.1) is 28.4 Å². The smallest absolute Gasteiger partial charge is 0.335 e. The first kappa shape index (κ1) is 17.5. The van der Waals surface area contributed by atoms with Crippen LogP contribution in [0.1, 0.15) is 24.2 Å². The molecule has 0 amide bonds. The Hall–Kier alpha value is -2.81. The van der Waals surface area contributed by atoms with Crippen molar-refractivity contribution in [2.24, 2.45) is 0 Å². The molecule has 0 unspecified atom stereocenters. The van der Waals surface area contributed by atoms with Gasteiger partial charge in [0.25, 0.3) is 10.0 Å². The Bertz CT molecular complexity index is 865. The number of sulfonamides is 1. The highest BCUT2D eigenvalue weighted by molar-refractivity contribution is 7.92. The Morgan fingerprint density at radius 1 is 1.33 bits per heavy atom. The van der Waals surface area contributed by atoms with Gasteiger partial charge in [0.15, 0.2) is 0 Å². The number of rotatable bonds is 6. The number of nitrogen functional groups attached to an aromatic ring is 1. The van der Waals surface area contributed by atoms with Crippen molar-refractivity contribution < 1.29 is 23.1 Å². The normalized spacial score (nSPS) is 11.3. The summed E-state index contributed by atoms with van der Waals surface area (Å²) in [5, 5.41) is 8.98. The van der Waals surface area contributed by atoms with Crippen LogP contribution in [0.5, 0.6) is 5.88 Å². The third-order valence-corrected chi connectivity index (χ3v) is 4.22. The summed E-state index contributed by atoms with van der Waals surface area (Å²) in [6, 6.07) is 6.38. The average molecular weight is 351 g/mol. The number of aromatic carboxylic acids is 1. The Morgan fingerprint density at radius 3 is 2.67 bits per heavy atom. The van der Waals surface area contributed by atoms with Gasteiger partial charge in [-0.15, -0.1) is 0 Å². The fraction of sp³-hybridized carbons (Fsp3) is 0.200. The monoisotopic (exact) mass is 351 g/mol. The lowest BCUT2D eigenvalue weighted by molar-refractivity contribution is 0.0696. The van der Waals surface area contributed by atoms with E-state index >= 15 is 0 Å². The van der Waals surface area contributed by atoms with Crippen molar-refractivity contribution in [1.29, 1.82) is 0 Å². The number of anilines is 2. The largest absolute Gasteiger partial charge is 0.478 e. The summed E-state index contributed by atoms with van der Waals surface area (Å²) in [6.07, 6.45) is 1.13. The molecule has 2 aromatic rings. The molecule has 128 valence electrons. The van der Waals surface area contributed by atoms with Gasteiger partial charge in [-0.05, 0) is 38.1 Å². The number of carbonyl (C=O) groups is 1. The van der Waals surface area contributed by atoms with Gasteiger partial charge < -0.3 is 15.6 Å². The van der Waals surface area contributed by atoms with Crippen LogP contribution < -0.4 is 15.2 Å². The number of nitrogens with two attached hydrogens (primary N) is 1. The lowest BCUT2D eigenvalue weighted by atomic mass is 10.2. The minimum Gasteiger partial charge on any atom is -0.478 e. The lowest BCUT2D eigenvalue weighted by Gasteiger charge is -2.15. The molecule has 8 nitrogen and oxygen atoms in total. The molecule has 0 aliphatic heterocycles. The Morgan fingerprint density at radius 2 is 2.04 bits per heavy atom. The van der Waals surface area contributed by atoms with Gasteiger partial charge in [0.1, 0.15) is 5.69 Å². The van der Waals surface area contributed by atoms with Gasteiger partial charge in [-0.3, -0.25) is 4.72 Å². The molecule has 0 radical (unpaired) electrons. The maximum atomic E-state index is 12.5. The van der Waals surface area contributed by atoms with Crippen LogP contribution in [0.25, 0.3) is 0 Å². The zero-order valence-corrected chi connectivity index (χ0v) is 13.9. The Balaban J connectivity index is 2.41. The second-order valence-corrected chi connectivity index (χ2v) is 6.91. The highest BCUT2D eigenvalue weighted by Gasteiger charge is 2.19. The van der Waals surface area contributed by atoms with E-state index in [9.17, 15) is 13.2 Å². The number of nitrogens with one attached hydrogen (secondary N) is 1. The van der Waals surface area contributed by atoms with E-state index < -0.39 is 16.0 Å². The quantitative estimate of drug-likeness (QED) is 0.724. The predicted octanol–water partition coefficient (Wildman–Crippen LogP) is 1.95. The van der Waals surface area contributed by atoms with Gasteiger partial charge in [-0.1, -0.05) is 6.07 Å². The molecule has 0 spiro atoms. The van der Waals surface area contributed by atoms with Gasteiger partial charge in [0.2, 0.25) is 5.88 Å². The summed E-state index contributed by atoms with van der Waals surface area (Å²) in [7, 11) is -4.03. The summed E-state index contributed by atoms with van der Waals surface area (Å²) in [4.78, 5) is 14.8. The number of carboxylic acid groups (broad SMARTS) is 1. The minimum absolute atomic E-state index is 0.0735. The number of carboxylic acids is 1. The molecule has 2 rings (SSSR count). The van der Waals surface area contributed by atoms with E-state index in [0.717, 1.165) is 6.07 Å². The number of aromatic nitrogens is 1. The first-order chi connectivity index (χ1) is 11.2. The molecular formula is C15H17N3O5S. The van der Waals surface area contributed by atoms with Crippen molar-refractivity contribution in [3.05, 3.63) is 42.1 Å². The third-order valence-electron chi connectivity index (χ3n) is 2.86. The zero-order valence-electron chi connectivity index (χ0n) is 13.1. The van der Waals surface area contributed by atoms with Crippen LogP contribution >= 0.6 is 0 Å². The van der Waals surface area contributed by atoms with Crippen LogP contribution in [0, 0.1) is 0 Å². The number of pyridine rings is 1. The number of hydrogen-bond acceptors (Lipinski definition) is 6. The molecular weight excluding hydrogens is 334 g/mol. The first-order valence-electron chi connectivity index (χ1n) is 6.97. The number of nitrogens with zero attached hydrogens (tertiary/aromatic N) is 1. The molecule has 1 aromatic carbocycles. The molecule has 4 N–H and O–H groups in total. The Labute approximate surface area is 139 Å². The maximum Gasteiger partial charge on any atom is 0.335 e. The first-order valence-corrected chi connectivity index (χ1v) is 8.45. The fourth-order valence-electron chi connectivity index (χ4n) is 1.86. The van der Waals surface area contributed by atoms with E-state index in [1.54, 1.807) is 13.8 Å². The lowest BCUT2D eigenvalue weighted by Crippen LogP contribution is -2.16. The van der Waals surface area contributed by atoms with E-state index in [2.05, 4.69) is 9.71 Å². The number of ether oxygens (including phenoxy) is 1. The number of hydrogen-bond donors (Lipinski definition) is 3. The molecule has 0 saturated heterocycles. The summed E-state index contributed by atoms with van der Waals surface area (Å²) in [5.41, 5.74) is 5.84. The molecule has 9 heteroatoms. The summed E-state index contributed by atoms with van der Waals surface area (Å²) in [5.74, 6) is -1.14. The molecule has 0 fully saturated rings. The van der Waals surface area contributed by atoms with Crippen LogP contribution in [0.4, 0.5) is 11.4 Å². The van der Waals surface area contributed by atoms with Gasteiger partial charge in [-0.2, -0.15) is 0 Å². The van der Waals surface area contributed by atoms with Crippen molar-refractivity contribution in [1.82, 2.24) is 4.98 Å². The second kappa shape index (κ2) is 6.75. The molecule has 0 saturated carbocycles. The fourth-order valence-corrected chi connectivity index (χ4v) is 2.95. The minimum atomic E-state index is -4.03. The van der Waals surface area contributed by atoms with E-state index in [1.165, 1.54) is 30.5 Å². The molecule has 0 atom stereocenters. The molecule has 24 heavy (non-hydrogen) atoms. The van der Waals surface area contributed by atoms with E-state index in [4.69, 9.17) is 15.6 Å².